The van der Waals surface area contributed by atoms with Gasteiger partial charge in [0.1, 0.15) is 16.7 Å². The summed E-state index contributed by atoms with van der Waals surface area (Å²) < 4.78 is 36.6. The van der Waals surface area contributed by atoms with Gasteiger partial charge >= 0.3 is 0 Å². The molecule has 0 bridgehead atoms. The lowest BCUT2D eigenvalue weighted by atomic mass is 10.1. The Bertz CT molecular complexity index is 1090. The summed E-state index contributed by atoms with van der Waals surface area (Å²) in [7, 11) is -1.31. The molecule has 2 N–H and O–H groups in total. The maximum Gasteiger partial charge on any atom is 0.223 e. The van der Waals surface area contributed by atoms with Crippen LogP contribution in [0, 0.1) is 18.7 Å². The van der Waals surface area contributed by atoms with Crippen molar-refractivity contribution in [1.29, 1.82) is 0 Å². The van der Waals surface area contributed by atoms with E-state index in [4.69, 9.17) is 4.74 Å². The van der Waals surface area contributed by atoms with E-state index in [2.05, 4.69) is 40.4 Å². The number of halogens is 1. The Hall–Kier alpha value is -2.39. The minimum absolute atomic E-state index is 0.00943. The van der Waals surface area contributed by atoms with E-state index in [0.717, 1.165) is 34.8 Å². The van der Waals surface area contributed by atoms with Crippen LogP contribution in [0.4, 0.5) is 16.0 Å². The van der Waals surface area contributed by atoms with Crippen molar-refractivity contribution in [2.45, 2.75) is 66.6 Å². The number of hydrogen-bond donors (Lipinski definition) is 2. The predicted octanol–water partition coefficient (Wildman–Crippen LogP) is 7.29. The van der Waals surface area contributed by atoms with Gasteiger partial charge in [-0.15, -0.1) is 0 Å². The third-order valence-corrected chi connectivity index (χ3v) is 7.36. The number of aromatic nitrogens is 2. The van der Waals surface area contributed by atoms with E-state index in [1.54, 1.807) is 12.3 Å². The smallest absolute Gasteiger partial charge is 0.223 e. The van der Waals surface area contributed by atoms with Crippen molar-refractivity contribution >= 4 is 39.3 Å². The second kappa shape index (κ2) is 13.6. The van der Waals surface area contributed by atoms with Gasteiger partial charge in [-0.05, 0) is 63.1 Å². The van der Waals surface area contributed by atoms with Crippen LogP contribution in [0.25, 0.3) is 4.91 Å². The Labute approximate surface area is 215 Å². The summed E-state index contributed by atoms with van der Waals surface area (Å²) in [5.74, 6) is 0.711. The lowest BCUT2D eigenvalue weighted by Gasteiger charge is -2.22. The van der Waals surface area contributed by atoms with Crippen molar-refractivity contribution in [1.82, 2.24) is 9.97 Å². The Kier molecular flexibility index (Phi) is 11.2. The Balaban J connectivity index is 2.57. The summed E-state index contributed by atoms with van der Waals surface area (Å²) in [4.78, 5) is 10.6. The third-order valence-electron chi connectivity index (χ3n) is 5.12. The van der Waals surface area contributed by atoms with Crippen LogP contribution in [-0.2, 0) is 11.0 Å². The first-order valence-electron chi connectivity index (χ1n) is 11.9. The van der Waals surface area contributed by atoms with E-state index in [-0.39, 0.29) is 16.9 Å². The van der Waals surface area contributed by atoms with Gasteiger partial charge < -0.3 is 14.8 Å². The Morgan fingerprint density at radius 2 is 2.00 bits per heavy atom. The number of rotatable bonds is 13. The van der Waals surface area contributed by atoms with Crippen LogP contribution < -0.4 is 14.8 Å². The topological polar surface area (TPSA) is 76.1 Å². The SMILES string of the molecule is C=C(C)S/C(=C(/Oc1cc(C)c(NS(=O)C(C)C)cc1F)C(C)CC)c1ccnc(NCCC)n1. The first-order valence-corrected chi connectivity index (χ1v) is 13.9. The third kappa shape index (κ3) is 8.35. The lowest BCUT2D eigenvalue weighted by Crippen LogP contribution is -2.15. The molecule has 2 unspecified atom stereocenters. The average molecular weight is 521 g/mol. The highest BCUT2D eigenvalue weighted by molar-refractivity contribution is 8.11. The zero-order valence-electron chi connectivity index (χ0n) is 21.7. The van der Waals surface area contributed by atoms with Crippen LogP contribution in [0.3, 0.4) is 0 Å². The average Bonchev–Trinajstić information content (AvgIpc) is 2.82. The van der Waals surface area contributed by atoms with Crippen molar-refractivity contribution in [3.8, 4) is 5.75 Å². The Morgan fingerprint density at radius 1 is 1.29 bits per heavy atom. The summed E-state index contributed by atoms with van der Waals surface area (Å²) in [5, 5.41) is 3.11. The van der Waals surface area contributed by atoms with Crippen LogP contribution in [0.2, 0.25) is 0 Å². The number of ether oxygens (including phenoxy) is 1. The number of nitrogens with zero attached hydrogens (tertiary/aromatic N) is 2. The molecule has 2 aromatic rings. The van der Waals surface area contributed by atoms with Gasteiger partial charge in [0.2, 0.25) is 5.95 Å². The molecule has 0 spiro atoms. The van der Waals surface area contributed by atoms with E-state index in [0.29, 0.717) is 23.1 Å². The number of thioether (sulfide) groups is 1. The van der Waals surface area contributed by atoms with Gasteiger partial charge in [0.15, 0.2) is 11.6 Å². The molecule has 0 saturated heterocycles. The maximum absolute atomic E-state index is 15.2. The number of anilines is 2. The van der Waals surface area contributed by atoms with Gasteiger partial charge in [0.25, 0.3) is 0 Å². The normalized spacial score (nSPS) is 13.7. The van der Waals surface area contributed by atoms with Crippen LogP contribution >= 0.6 is 11.8 Å². The molecule has 0 fully saturated rings. The van der Waals surface area contributed by atoms with Crippen LogP contribution in [0.15, 0.2) is 41.6 Å². The molecule has 1 heterocycles. The zero-order valence-corrected chi connectivity index (χ0v) is 23.3. The van der Waals surface area contributed by atoms with Gasteiger partial charge in [-0.25, -0.2) is 18.6 Å². The van der Waals surface area contributed by atoms with E-state index in [9.17, 15) is 4.21 Å². The zero-order chi connectivity index (χ0) is 26.1. The predicted molar refractivity (Wildman–Crippen MR) is 148 cm³/mol. The molecular formula is C26H37FN4O2S2. The highest BCUT2D eigenvalue weighted by Crippen LogP contribution is 2.40. The van der Waals surface area contributed by atoms with Crippen LogP contribution in [0.1, 0.15) is 65.6 Å². The van der Waals surface area contributed by atoms with E-state index in [1.165, 1.54) is 17.8 Å². The molecule has 0 aliphatic heterocycles. The Morgan fingerprint density at radius 3 is 2.60 bits per heavy atom. The van der Waals surface area contributed by atoms with Crippen molar-refractivity contribution < 1.29 is 13.3 Å². The number of benzene rings is 1. The van der Waals surface area contributed by atoms with Crippen molar-refractivity contribution in [2.75, 3.05) is 16.6 Å². The summed E-state index contributed by atoms with van der Waals surface area (Å²) in [5.41, 5.74) is 1.90. The molecule has 192 valence electrons. The number of nitrogens with one attached hydrogen (secondary N) is 2. The fourth-order valence-electron chi connectivity index (χ4n) is 2.95. The minimum atomic E-state index is -1.31. The summed E-state index contributed by atoms with van der Waals surface area (Å²) in [6, 6.07) is 4.79. The van der Waals surface area contributed by atoms with Gasteiger partial charge in [0, 0.05) is 30.0 Å². The molecule has 35 heavy (non-hydrogen) atoms. The molecule has 1 aromatic carbocycles. The largest absolute Gasteiger partial charge is 0.457 e. The lowest BCUT2D eigenvalue weighted by molar-refractivity contribution is 0.340. The van der Waals surface area contributed by atoms with Gasteiger partial charge in [-0.1, -0.05) is 39.1 Å². The fraction of sp³-hybridized carbons (Fsp3) is 0.462. The molecule has 9 heteroatoms. The molecule has 1 aromatic heterocycles. The minimum Gasteiger partial charge on any atom is -0.457 e. The van der Waals surface area contributed by atoms with Crippen molar-refractivity contribution in [3.05, 3.63) is 58.7 Å². The highest BCUT2D eigenvalue weighted by Gasteiger charge is 2.22. The number of aryl methyl sites for hydroxylation is 1. The van der Waals surface area contributed by atoms with Crippen LogP contribution in [-0.4, -0.2) is 26.0 Å². The molecule has 0 saturated carbocycles. The second-order valence-corrected chi connectivity index (χ2v) is 11.7. The summed E-state index contributed by atoms with van der Waals surface area (Å²) in [6.07, 6.45) is 3.44. The van der Waals surface area contributed by atoms with Crippen LogP contribution in [0.5, 0.6) is 5.75 Å². The monoisotopic (exact) mass is 520 g/mol. The standard InChI is InChI=1S/C26H37FN4O2S2/c1-9-12-28-26-29-13-11-21(30-26)25(34-16(3)4)24(18(7)10-2)33-23-14-19(8)22(15-20(23)27)31-35(32)17(5)6/h11,13-15,17-18,31H,3,9-10,12H2,1-2,4-8H3,(H,28,29,30)/b25-24+. The first kappa shape index (κ1) is 28.8. The van der Waals surface area contributed by atoms with Crippen molar-refractivity contribution in [2.24, 2.45) is 5.92 Å². The van der Waals surface area contributed by atoms with E-state index in [1.807, 2.05) is 40.7 Å². The maximum atomic E-state index is 15.2. The summed E-state index contributed by atoms with van der Waals surface area (Å²) >= 11 is 1.45. The molecule has 0 radical (unpaired) electrons. The first-order chi connectivity index (χ1) is 16.6. The van der Waals surface area contributed by atoms with Gasteiger partial charge in [-0.3, -0.25) is 0 Å². The summed E-state index contributed by atoms with van der Waals surface area (Å²) in [6.45, 7) is 18.4. The highest BCUT2D eigenvalue weighted by atomic mass is 32.2. The molecule has 2 rings (SSSR count). The molecule has 6 nitrogen and oxygen atoms in total. The molecule has 0 amide bonds. The van der Waals surface area contributed by atoms with Gasteiger partial charge in [0.05, 0.1) is 16.3 Å². The number of hydrogen-bond acceptors (Lipinski definition) is 6. The second-order valence-electron chi connectivity index (χ2n) is 8.65. The van der Waals surface area contributed by atoms with E-state index >= 15 is 4.39 Å². The number of allylic oxidation sites excluding steroid dienone is 2. The quantitative estimate of drug-likeness (QED) is 0.270. The van der Waals surface area contributed by atoms with E-state index < -0.39 is 16.8 Å². The fourth-order valence-corrected chi connectivity index (χ4v) is 4.54. The molecule has 0 aliphatic rings. The van der Waals surface area contributed by atoms with Gasteiger partial charge in [-0.2, -0.15) is 0 Å². The molecule has 0 aliphatic carbocycles. The molecular weight excluding hydrogens is 483 g/mol. The van der Waals surface area contributed by atoms with Crippen molar-refractivity contribution in [3.63, 3.8) is 0 Å². The molecule has 2 atom stereocenters.